The molecule has 144 valence electrons. The number of para-hydroxylation sites is 1. The van der Waals surface area contributed by atoms with E-state index >= 15 is 0 Å². The van der Waals surface area contributed by atoms with Gasteiger partial charge in [0.15, 0.2) is 0 Å². The predicted molar refractivity (Wildman–Crippen MR) is 96.3 cm³/mol. The van der Waals surface area contributed by atoms with E-state index in [-0.39, 0.29) is 11.4 Å². The molecule has 0 saturated carbocycles. The van der Waals surface area contributed by atoms with Crippen LogP contribution in [0.25, 0.3) is 10.9 Å². The molecule has 3 aromatic rings. The van der Waals surface area contributed by atoms with E-state index in [0.717, 1.165) is 0 Å². The van der Waals surface area contributed by atoms with Crippen LogP contribution in [0, 0.1) is 0 Å². The lowest BCUT2D eigenvalue weighted by molar-refractivity contribution is -0.151. The number of urea groups is 1. The van der Waals surface area contributed by atoms with E-state index in [1.807, 2.05) is 10.6 Å². The van der Waals surface area contributed by atoms with Gasteiger partial charge in [0.1, 0.15) is 0 Å². The van der Waals surface area contributed by atoms with Crippen LogP contribution in [0.1, 0.15) is 17.0 Å². The smallest absolute Gasteiger partial charge is 0.328 e. The van der Waals surface area contributed by atoms with Crippen molar-refractivity contribution < 1.29 is 19.1 Å². The van der Waals surface area contributed by atoms with Crippen molar-refractivity contribution in [2.75, 3.05) is 0 Å². The van der Waals surface area contributed by atoms with E-state index < -0.39 is 40.6 Å². The number of barbiturate groups is 1. The number of imide groups is 2. The standard InChI is InChI=1S/C18H11N5O6/c24-12-10-11(8-5-7-3-1-2-4-9(7)19-6-8)18(29-13(10)21-16(27)20-12)14(25)22-17(28)23-15(18)26/h1-6,11H,(H2,20,21,24,27)(H2,22,23,25,26,28). The average molecular weight is 393 g/mol. The molecule has 5 rings (SSSR count). The van der Waals surface area contributed by atoms with E-state index in [2.05, 4.69) is 15.0 Å². The molecule has 2 aromatic heterocycles. The number of benzene rings is 1. The van der Waals surface area contributed by atoms with Crippen molar-refractivity contribution in [3.63, 3.8) is 0 Å². The highest BCUT2D eigenvalue weighted by Gasteiger charge is 2.64. The highest BCUT2D eigenvalue weighted by molar-refractivity contribution is 6.23. The Morgan fingerprint density at radius 1 is 0.966 bits per heavy atom. The molecule has 4 amide bonds. The van der Waals surface area contributed by atoms with Gasteiger partial charge in [0.25, 0.3) is 23.0 Å². The van der Waals surface area contributed by atoms with Gasteiger partial charge in [-0.15, -0.1) is 0 Å². The second-order valence-electron chi connectivity index (χ2n) is 6.62. The Morgan fingerprint density at radius 3 is 2.45 bits per heavy atom. The first kappa shape index (κ1) is 16.9. The monoisotopic (exact) mass is 393 g/mol. The number of ether oxygens (including phenoxy) is 1. The maximum absolute atomic E-state index is 12.8. The van der Waals surface area contributed by atoms with Crippen molar-refractivity contribution in [1.82, 2.24) is 25.6 Å². The molecule has 2 aliphatic heterocycles. The summed E-state index contributed by atoms with van der Waals surface area (Å²) < 4.78 is 5.57. The second kappa shape index (κ2) is 5.61. The normalized spacial score (nSPS) is 19.6. The van der Waals surface area contributed by atoms with Gasteiger partial charge in [0.05, 0.1) is 17.0 Å². The number of aromatic amines is 2. The SMILES string of the molecule is O=C1NC(=O)C2(Oc3[nH]c(=O)[nH]c(=O)c3C2c2cnc3ccccc3c2)C(=O)N1. The first-order valence-electron chi connectivity index (χ1n) is 8.47. The average Bonchev–Trinajstić information content (AvgIpc) is 3.02. The number of pyridine rings is 1. The molecule has 1 atom stereocenters. The lowest BCUT2D eigenvalue weighted by atomic mass is 9.78. The van der Waals surface area contributed by atoms with Crippen molar-refractivity contribution in [3.05, 3.63) is 68.5 Å². The zero-order chi connectivity index (χ0) is 20.3. The van der Waals surface area contributed by atoms with Crippen LogP contribution >= 0.6 is 0 Å². The summed E-state index contributed by atoms with van der Waals surface area (Å²) >= 11 is 0. The first-order valence-corrected chi connectivity index (χ1v) is 8.47. The largest absolute Gasteiger partial charge is 0.451 e. The van der Waals surface area contributed by atoms with Gasteiger partial charge >= 0.3 is 11.7 Å². The fourth-order valence-corrected chi connectivity index (χ4v) is 3.77. The maximum Gasteiger partial charge on any atom is 0.328 e. The summed E-state index contributed by atoms with van der Waals surface area (Å²) in [6.45, 7) is 0. The highest BCUT2D eigenvalue weighted by Crippen LogP contribution is 2.46. The van der Waals surface area contributed by atoms with Crippen molar-refractivity contribution >= 4 is 28.7 Å². The van der Waals surface area contributed by atoms with Gasteiger partial charge in [-0.1, -0.05) is 18.2 Å². The number of H-pyrrole nitrogens is 2. The molecule has 1 unspecified atom stereocenters. The molecular weight excluding hydrogens is 382 g/mol. The molecule has 11 nitrogen and oxygen atoms in total. The summed E-state index contributed by atoms with van der Waals surface area (Å²) in [5, 5.41) is 4.67. The summed E-state index contributed by atoms with van der Waals surface area (Å²) in [6, 6.07) is 7.78. The summed E-state index contributed by atoms with van der Waals surface area (Å²) in [5.74, 6) is -3.69. The van der Waals surface area contributed by atoms with E-state index in [4.69, 9.17) is 4.74 Å². The number of hydrogen-bond acceptors (Lipinski definition) is 7. The Kier molecular flexibility index (Phi) is 3.26. The Hall–Kier alpha value is -4.28. The minimum atomic E-state index is -2.31. The van der Waals surface area contributed by atoms with Crippen LogP contribution < -0.4 is 26.6 Å². The van der Waals surface area contributed by atoms with Gasteiger partial charge in [-0.05, 0) is 17.7 Å². The van der Waals surface area contributed by atoms with Gasteiger partial charge in [0, 0.05) is 11.6 Å². The summed E-state index contributed by atoms with van der Waals surface area (Å²) in [4.78, 5) is 70.1. The van der Waals surface area contributed by atoms with Crippen molar-refractivity contribution in [3.8, 4) is 5.88 Å². The van der Waals surface area contributed by atoms with Crippen molar-refractivity contribution in [2.45, 2.75) is 11.5 Å². The van der Waals surface area contributed by atoms with Crippen LogP contribution in [0.4, 0.5) is 4.79 Å². The number of carbonyl (C=O) groups excluding carboxylic acids is 3. The zero-order valence-corrected chi connectivity index (χ0v) is 14.4. The number of amides is 4. The van der Waals surface area contributed by atoms with Crippen LogP contribution in [0.5, 0.6) is 5.88 Å². The van der Waals surface area contributed by atoms with E-state index in [0.29, 0.717) is 16.5 Å². The molecule has 11 heteroatoms. The molecule has 4 heterocycles. The Balaban J connectivity index is 1.82. The van der Waals surface area contributed by atoms with Crippen molar-refractivity contribution in [2.24, 2.45) is 0 Å². The Labute approximate surface area is 160 Å². The second-order valence-corrected chi connectivity index (χ2v) is 6.62. The van der Waals surface area contributed by atoms with E-state index in [9.17, 15) is 24.0 Å². The van der Waals surface area contributed by atoms with Crippen LogP contribution in [0.15, 0.2) is 46.1 Å². The molecule has 2 aliphatic rings. The number of nitrogens with zero attached hydrogens (tertiary/aromatic N) is 1. The minimum Gasteiger partial charge on any atom is -0.451 e. The van der Waals surface area contributed by atoms with Crippen LogP contribution in [0.2, 0.25) is 0 Å². The Bertz CT molecular complexity index is 1340. The van der Waals surface area contributed by atoms with Crippen LogP contribution in [-0.2, 0) is 9.59 Å². The fourth-order valence-electron chi connectivity index (χ4n) is 3.77. The third-order valence-corrected chi connectivity index (χ3v) is 4.98. The zero-order valence-electron chi connectivity index (χ0n) is 14.4. The number of hydrogen-bond donors (Lipinski definition) is 4. The van der Waals surface area contributed by atoms with Gasteiger partial charge in [-0.3, -0.25) is 40.0 Å². The summed E-state index contributed by atoms with van der Waals surface area (Å²) in [7, 11) is 0. The third kappa shape index (κ3) is 2.24. The third-order valence-electron chi connectivity index (χ3n) is 4.98. The maximum atomic E-state index is 12.8. The molecular formula is C18H11N5O6. The molecule has 1 fully saturated rings. The first-order chi connectivity index (χ1) is 13.9. The number of nitrogens with one attached hydrogen (secondary N) is 4. The van der Waals surface area contributed by atoms with Gasteiger partial charge in [-0.25, -0.2) is 9.59 Å². The number of carbonyl (C=O) groups is 3. The van der Waals surface area contributed by atoms with Crippen LogP contribution in [0.3, 0.4) is 0 Å². The fraction of sp³-hybridized carbons (Fsp3) is 0.111. The quantitative estimate of drug-likeness (QED) is 0.395. The van der Waals surface area contributed by atoms with Crippen LogP contribution in [-0.4, -0.2) is 38.4 Å². The van der Waals surface area contributed by atoms with E-state index in [1.54, 1.807) is 30.3 Å². The molecule has 0 radical (unpaired) electrons. The minimum absolute atomic E-state index is 0.124. The number of fused-ring (bicyclic) bond motifs is 2. The summed E-state index contributed by atoms with van der Waals surface area (Å²) in [6.07, 6.45) is 1.41. The molecule has 29 heavy (non-hydrogen) atoms. The van der Waals surface area contributed by atoms with Gasteiger partial charge < -0.3 is 4.74 Å². The van der Waals surface area contributed by atoms with Gasteiger partial charge in [0.2, 0.25) is 5.88 Å². The van der Waals surface area contributed by atoms with E-state index in [1.165, 1.54) is 6.20 Å². The topological polar surface area (TPSA) is 163 Å². The predicted octanol–water partition coefficient (Wildman–Crippen LogP) is -0.759. The lowest BCUT2D eigenvalue weighted by Gasteiger charge is -2.33. The number of aromatic nitrogens is 3. The highest BCUT2D eigenvalue weighted by atomic mass is 16.5. The molecule has 0 bridgehead atoms. The summed E-state index contributed by atoms with van der Waals surface area (Å²) in [5.41, 5.74) is -3.14. The molecule has 4 N–H and O–H groups in total. The lowest BCUT2D eigenvalue weighted by Crippen LogP contribution is -2.70. The molecule has 1 spiro atoms. The Morgan fingerprint density at radius 2 is 1.69 bits per heavy atom. The van der Waals surface area contributed by atoms with Gasteiger partial charge in [-0.2, -0.15) is 0 Å². The molecule has 1 aromatic carbocycles. The molecule has 1 saturated heterocycles. The number of rotatable bonds is 1. The van der Waals surface area contributed by atoms with Crippen molar-refractivity contribution in [1.29, 1.82) is 0 Å². The molecule has 0 aliphatic carbocycles.